The van der Waals surface area contributed by atoms with E-state index in [0.717, 1.165) is 22.5 Å². The van der Waals surface area contributed by atoms with E-state index in [2.05, 4.69) is 31.8 Å². The molecule has 7 nitrogen and oxygen atoms in total. The van der Waals surface area contributed by atoms with E-state index >= 15 is 0 Å². The highest BCUT2D eigenvalue weighted by Crippen LogP contribution is 2.19. The van der Waals surface area contributed by atoms with Gasteiger partial charge in [0.2, 0.25) is 5.62 Å². The van der Waals surface area contributed by atoms with E-state index in [9.17, 15) is 0 Å². The van der Waals surface area contributed by atoms with Crippen LogP contribution < -0.4 is 11.4 Å². The van der Waals surface area contributed by atoms with Gasteiger partial charge in [-0.15, -0.1) is 0 Å². The zero-order valence-electron chi connectivity index (χ0n) is 14.0. The lowest BCUT2D eigenvalue weighted by Gasteiger charge is -2.11. The Morgan fingerprint density at radius 2 is 2.04 bits per heavy atom. The Morgan fingerprint density at radius 1 is 1.15 bits per heavy atom. The number of nitrogens with one attached hydrogen (secondary N) is 2. The first-order valence-corrected chi connectivity index (χ1v) is 7.94. The topological polar surface area (TPSA) is 109 Å². The smallest absolute Gasteiger partial charge is 0.230 e. The first-order chi connectivity index (χ1) is 12.6. The van der Waals surface area contributed by atoms with E-state index in [1.165, 1.54) is 0 Å². The second-order valence-corrected chi connectivity index (χ2v) is 5.72. The van der Waals surface area contributed by atoms with Crippen LogP contribution in [0.4, 0.5) is 5.82 Å². The molecule has 0 atom stereocenters. The normalized spacial score (nSPS) is 10.5. The zero-order chi connectivity index (χ0) is 18.1. The van der Waals surface area contributed by atoms with Crippen LogP contribution in [-0.4, -0.2) is 24.5 Å². The molecular formula is C19H15N7. The van der Waals surface area contributed by atoms with Crippen LogP contribution in [0, 0.1) is 24.2 Å². The van der Waals surface area contributed by atoms with E-state index in [0.29, 0.717) is 11.2 Å². The number of aromatic amines is 1. The Labute approximate surface area is 149 Å². The highest BCUT2D eigenvalue weighted by atomic mass is 15.2. The van der Waals surface area contributed by atoms with E-state index in [4.69, 9.17) is 11.1 Å². The second kappa shape index (κ2) is 6.18. The highest BCUT2D eigenvalue weighted by molar-refractivity contribution is 5.82. The monoisotopic (exact) mass is 341 g/mol. The average molecular weight is 341 g/mol. The van der Waals surface area contributed by atoms with Gasteiger partial charge < -0.3 is 10.7 Å². The number of rotatable bonds is 1. The third-order valence-electron chi connectivity index (χ3n) is 3.96. The summed E-state index contributed by atoms with van der Waals surface area (Å²) >= 11 is 0. The summed E-state index contributed by atoms with van der Waals surface area (Å²) in [4.78, 5) is 15.5. The van der Waals surface area contributed by atoms with Crippen LogP contribution in [0.1, 0.15) is 16.8 Å². The zero-order valence-corrected chi connectivity index (χ0v) is 14.0. The molecule has 4 N–H and O–H groups in total. The molecule has 0 fully saturated rings. The molecule has 0 saturated heterocycles. The van der Waals surface area contributed by atoms with Crippen LogP contribution in [-0.2, 0) is 0 Å². The molecule has 4 rings (SSSR count). The van der Waals surface area contributed by atoms with Gasteiger partial charge >= 0.3 is 0 Å². The first-order valence-electron chi connectivity index (χ1n) is 7.94. The van der Waals surface area contributed by atoms with E-state index in [1.54, 1.807) is 17.1 Å². The second-order valence-electron chi connectivity index (χ2n) is 5.72. The number of benzene rings is 1. The van der Waals surface area contributed by atoms with Crippen LogP contribution in [0.25, 0.3) is 16.9 Å². The van der Waals surface area contributed by atoms with Crippen molar-refractivity contribution in [2.75, 3.05) is 5.73 Å². The molecule has 3 heterocycles. The van der Waals surface area contributed by atoms with Gasteiger partial charge in [0.25, 0.3) is 0 Å². The quantitative estimate of drug-likeness (QED) is 0.459. The molecule has 0 saturated carbocycles. The van der Waals surface area contributed by atoms with Crippen molar-refractivity contribution in [3.8, 4) is 17.5 Å². The third kappa shape index (κ3) is 2.70. The van der Waals surface area contributed by atoms with E-state index in [1.807, 2.05) is 43.3 Å². The lowest BCUT2D eigenvalue weighted by Crippen LogP contribution is -2.24. The number of hydrogen-bond donors (Lipinski definition) is 3. The Kier molecular flexibility index (Phi) is 3.71. The molecule has 0 unspecified atom stereocenters. The Hall–Kier alpha value is -3.92. The van der Waals surface area contributed by atoms with Gasteiger partial charge in [-0.1, -0.05) is 12.0 Å². The van der Waals surface area contributed by atoms with Gasteiger partial charge in [0.05, 0.1) is 12.0 Å². The summed E-state index contributed by atoms with van der Waals surface area (Å²) in [5.74, 6) is 6.41. The molecule has 7 heteroatoms. The highest BCUT2D eigenvalue weighted by Gasteiger charge is 2.12. The number of pyridine rings is 1. The van der Waals surface area contributed by atoms with Gasteiger partial charge in [0, 0.05) is 11.8 Å². The number of anilines is 1. The fraction of sp³-hybridized carbons (Fsp3) is 0.0526. The molecule has 0 aliphatic rings. The Bertz CT molecular complexity index is 1220. The van der Waals surface area contributed by atoms with Gasteiger partial charge in [-0.3, -0.25) is 9.98 Å². The van der Waals surface area contributed by atoms with Gasteiger partial charge in [-0.25, -0.2) is 9.97 Å². The number of nitrogens with zero attached hydrogens (tertiary/aromatic N) is 4. The standard InChI is InChI=1S/C19H15N7/c1-12-10-13(5-7-14-4-2-3-9-22-14)6-8-15(12)26-18-16(23-11-24-18)17(20)25-19(26)21/h2-4,6,8-11H,1H3,(H,23,24)(H3,20,21,25). The predicted molar refractivity (Wildman–Crippen MR) is 98.4 cm³/mol. The Balaban J connectivity index is 1.80. The third-order valence-corrected chi connectivity index (χ3v) is 3.96. The molecule has 1 aromatic carbocycles. The summed E-state index contributed by atoms with van der Waals surface area (Å²) in [5.41, 5.74) is 10.4. The lowest BCUT2D eigenvalue weighted by atomic mass is 10.1. The van der Waals surface area contributed by atoms with Gasteiger partial charge in [-0.05, 0) is 48.7 Å². The number of nitrogen functional groups attached to an aromatic ring is 1. The van der Waals surface area contributed by atoms with Crippen molar-refractivity contribution in [3.05, 3.63) is 71.4 Å². The van der Waals surface area contributed by atoms with Crippen LogP contribution in [0.3, 0.4) is 0 Å². The molecule has 3 aromatic heterocycles. The summed E-state index contributed by atoms with van der Waals surface area (Å²) in [7, 11) is 0. The molecule has 126 valence electrons. The maximum Gasteiger partial charge on any atom is 0.230 e. The number of aromatic nitrogens is 5. The van der Waals surface area contributed by atoms with Crippen molar-refractivity contribution >= 4 is 17.0 Å². The molecule has 0 aliphatic heterocycles. The molecule has 0 radical (unpaired) electrons. The number of nitrogens with two attached hydrogens (primary N) is 1. The lowest BCUT2D eigenvalue weighted by molar-refractivity contribution is 0.872. The average Bonchev–Trinajstić information content (AvgIpc) is 3.12. The summed E-state index contributed by atoms with van der Waals surface area (Å²) in [6.45, 7) is 1.96. The maximum absolute atomic E-state index is 8.20. The van der Waals surface area contributed by atoms with Crippen LogP contribution in [0.2, 0.25) is 0 Å². The van der Waals surface area contributed by atoms with Crippen molar-refractivity contribution in [1.82, 2.24) is 24.5 Å². The number of H-pyrrole nitrogens is 1. The fourth-order valence-corrected chi connectivity index (χ4v) is 2.75. The number of fused-ring (bicyclic) bond motifs is 1. The molecule has 0 spiro atoms. The summed E-state index contributed by atoms with van der Waals surface area (Å²) in [6.07, 6.45) is 3.26. The summed E-state index contributed by atoms with van der Waals surface area (Å²) in [5, 5.41) is 8.20. The minimum absolute atomic E-state index is 0.0255. The minimum atomic E-state index is 0.0255. The van der Waals surface area contributed by atoms with Gasteiger partial charge in [0.15, 0.2) is 11.5 Å². The Morgan fingerprint density at radius 3 is 2.81 bits per heavy atom. The van der Waals surface area contributed by atoms with Gasteiger partial charge in [0.1, 0.15) is 11.2 Å². The SMILES string of the molecule is Cc1cc(C#Cc2ccccn2)ccc1-n1c(=N)nc(N)c2[nH]cnc21. The number of hydrogen-bond acceptors (Lipinski definition) is 5. The van der Waals surface area contributed by atoms with Crippen molar-refractivity contribution in [2.24, 2.45) is 0 Å². The molecule has 0 bridgehead atoms. The van der Waals surface area contributed by atoms with Crippen molar-refractivity contribution in [2.45, 2.75) is 6.92 Å². The number of imidazole rings is 1. The van der Waals surface area contributed by atoms with Gasteiger partial charge in [-0.2, -0.15) is 4.98 Å². The summed E-state index contributed by atoms with van der Waals surface area (Å²) < 4.78 is 1.66. The largest absolute Gasteiger partial charge is 0.382 e. The van der Waals surface area contributed by atoms with Crippen molar-refractivity contribution in [1.29, 1.82) is 5.41 Å². The maximum atomic E-state index is 8.20. The molecule has 0 amide bonds. The first kappa shape index (κ1) is 15.6. The van der Waals surface area contributed by atoms with E-state index < -0.39 is 0 Å². The fourth-order valence-electron chi connectivity index (χ4n) is 2.75. The molecule has 26 heavy (non-hydrogen) atoms. The van der Waals surface area contributed by atoms with Crippen molar-refractivity contribution in [3.63, 3.8) is 0 Å². The summed E-state index contributed by atoms with van der Waals surface area (Å²) in [6, 6.07) is 11.4. The predicted octanol–water partition coefficient (Wildman–Crippen LogP) is 1.91. The van der Waals surface area contributed by atoms with Crippen LogP contribution in [0.5, 0.6) is 0 Å². The molecular weight excluding hydrogens is 326 g/mol. The van der Waals surface area contributed by atoms with Crippen LogP contribution in [0.15, 0.2) is 48.9 Å². The van der Waals surface area contributed by atoms with Crippen molar-refractivity contribution < 1.29 is 0 Å². The minimum Gasteiger partial charge on any atom is -0.382 e. The number of aryl methyl sites for hydroxylation is 1. The molecule has 4 aromatic rings. The molecule has 0 aliphatic carbocycles. The van der Waals surface area contributed by atoms with Crippen LogP contribution >= 0.6 is 0 Å². The van der Waals surface area contributed by atoms with E-state index in [-0.39, 0.29) is 11.4 Å².